The molecule has 2 heterocycles. The number of amides is 1. The molecule has 0 unspecified atom stereocenters. The summed E-state index contributed by atoms with van der Waals surface area (Å²) >= 11 is 0. The lowest BCUT2D eigenvalue weighted by Crippen LogP contribution is -2.52. The van der Waals surface area contributed by atoms with Gasteiger partial charge < -0.3 is 15.0 Å². The summed E-state index contributed by atoms with van der Waals surface area (Å²) in [6.07, 6.45) is 1.74. The van der Waals surface area contributed by atoms with Gasteiger partial charge >= 0.3 is 0 Å². The highest BCUT2D eigenvalue weighted by Crippen LogP contribution is 2.31. The van der Waals surface area contributed by atoms with Gasteiger partial charge in [-0.1, -0.05) is 6.92 Å². The molecule has 4 nitrogen and oxygen atoms in total. The van der Waals surface area contributed by atoms with E-state index in [1.165, 1.54) is 0 Å². The van der Waals surface area contributed by atoms with E-state index < -0.39 is 0 Å². The highest BCUT2D eigenvalue weighted by atomic mass is 16.5. The third-order valence-electron chi connectivity index (χ3n) is 3.52. The first kappa shape index (κ1) is 10.9. The molecule has 2 saturated heterocycles. The molecule has 2 aliphatic heterocycles. The van der Waals surface area contributed by atoms with E-state index >= 15 is 0 Å². The van der Waals surface area contributed by atoms with Crippen LogP contribution in [0.25, 0.3) is 0 Å². The third kappa shape index (κ3) is 2.32. The molecule has 0 aromatic heterocycles. The van der Waals surface area contributed by atoms with Gasteiger partial charge in [-0.3, -0.25) is 4.79 Å². The number of rotatable bonds is 1. The quantitative estimate of drug-likeness (QED) is 0.677. The summed E-state index contributed by atoms with van der Waals surface area (Å²) < 4.78 is 5.32. The molecule has 0 bridgehead atoms. The standard InChI is InChI=1S/C11H20N2O2/c1-11(2-8-15-9-3-11)10(14)13-6-4-12-5-7-13/h12H,2-9H2,1H3. The van der Waals surface area contributed by atoms with E-state index in [9.17, 15) is 4.79 Å². The van der Waals surface area contributed by atoms with Crippen molar-refractivity contribution in [3.63, 3.8) is 0 Å². The first-order chi connectivity index (χ1) is 7.22. The topological polar surface area (TPSA) is 41.6 Å². The predicted octanol–water partition coefficient (Wildman–Crippen LogP) is 0.235. The van der Waals surface area contributed by atoms with Crippen LogP contribution in [0.2, 0.25) is 0 Å². The van der Waals surface area contributed by atoms with Crippen LogP contribution in [0.4, 0.5) is 0 Å². The van der Waals surface area contributed by atoms with Gasteiger partial charge in [0.25, 0.3) is 0 Å². The molecule has 0 aromatic rings. The molecule has 0 spiro atoms. The van der Waals surface area contributed by atoms with Crippen molar-refractivity contribution >= 4 is 5.91 Å². The lowest BCUT2D eigenvalue weighted by Gasteiger charge is -2.38. The van der Waals surface area contributed by atoms with Gasteiger partial charge in [0.15, 0.2) is 0 Å². The summed E-state index contributed by atoms with van der Waals surface area (Å²) in [5, 5.41) is 3.27. The van der Waals surface area contributed by atoms with Crippen molar-refractivity contribution in [2.75, 3.05) is 39.4 Å². The van der Waals surface area contributed by atoms with Crippen molar-refractivity contribution in [1.82, 2.24) is 10.2 Å². The minimum atomic E-state index is -0.171. The largest absolute Gasteiger partial charge is 0.381 e. The summed E-state index contributed by atoms with van der Waals surface area (Å²) in [5.74, 6) is 0.326. The third-order valence-corrected chi connectivity index (χ3v) is 3.52. The van der Waals surface area contributed by atoms with Crippen molar-refractivity contribution in [2.24, 2.45) is 5.41 Å². The Morgan fingerprint density at radius 1 is 1.27 bits per heavy atom. The normalized spacial score (nSPS) is 26.3. The van der Waals surface area contributed by atoms with Gasteiger partial charge in [0.05, 0.1) is 5.41 Å². The molecule has 2 rings (SSSR count). The molecule has 2 fully saturated rings. The number of nitrogens with zero attached hydrogens (tertiary/aromatic N) is 1. The maximum Gasteiger partial charge on any atom is 0.228 e. The fraction of sp³-hybridized carbons (Fsp3) is 0.909. The highest BCUT2D eigenvalue weighted by molar-refractivity contribution is 5.82. The fourth-order valence-corrected chi connectivity index (χ4v) is 2.29. The number of piperazine rings is 1. The van der Waals surface area contributed by atoms with E-state index in [1.807, 2.05) is 4.90 Å². The zero-order valence-electron chi connectivity index (χ0n) is 9.42. The zero-order chi connectivity index (χ0) is 10.7. The molecule has 2 aliphatic rings. The number of nitrogens with one attached hydrogen (secondary N) is 1. The Kier molecular flexibility index (Phi) is 3.26. The van der Waals surface area contributed by atoms with Crippen molar-refractivity contribution in [1.29, 1.82) is 0 Å². The summed E-state index contributed by atoms with van der Waals surface area (Å²) in [7, 11) is 0. The molecule has 86 valence electrons. The van der Waals surface area contributed by atoms with Crippen LogP contribution in [-0.2, 0) is 9.53 Å². The second-order valence-corrected chi connectivity index (χ2v) is 4.72. The van der Waals surface area contributed by atoms with Crippen molar-refractivity contribution < 1.29 is 9.53 Å². The zero-order valence-corrected chi connectivity index (χ0v) is 9.42. The van der Waals surface area contributed by atoms with Gasteiger partial charge in [-0.25, -0.2) is 0 Å². The van der Waals surface area contributed by atoms with E-state index in [-0.39, 0.29) is 5.41 Å². The Bertz CT molecular complexity index is 231. The van der Waals surface area contributed by atoms with Crippen LogP contribution in [-0.4, -0.2) is 50.2 Å². The van der Waals surface area contributed by atoms with Crippen molar-refractivity contribution in [2.45, 2.75) is 19.8 Å². The number of carbonyl (C=O) groups excluding carboxylic acids is 1. The first-order valence-electron chi connectivity index (χ1n) is 5.80. The van der Waals surface area contributed by atoms with Crippen LogP contribution in [0.1, 0.15) is 19.8 Å². The molecule has 1 N–H and O–H groups in total. The fourth-order valence-electron chi connectivity index (χ4n) is 2.29. The summed E-state index contributed by atoms with van der Waals surface area (Å²) in [4.78, 5) is 14.3. The Morgan fingerprint density at radius 2 is 1.87 bits per heavy atom. The van der Waals surface area contributed by atoms with Crippen LogP contribution >= 0.6 is 0 Å². The number of ether oxygens (including phenoxy) is 1. The van der Waals surface area contributed by atoms with Crippen LogP contribution in [0, 0.1) is 5.41 Å². The van der Waals surface area contributed by atoms with Gasteiger partial charge in [0.2, 0.25) is 5.91 Å². The first-order valence-corrected chi connectivity index (χ1v) is 5.80. The molecule has 0 saturated carbocycles. The Hall–Kier alpha value is -0.610. The SMILES string of the molecule is CC1(C(=O)N2CCNCC2)CCOCC1. The van der Waals surface area contributed by atoms with Crippen LogP contribution in [0.5, 0.6) is 0 Å². The van der Waals surface area contributed by atoms with E-state index in [0.717, 1.165) is 52.2 Å². The minimum Gasteiger partial charge on any atom is -0.381 e. The molecule has 0 radical (unpaired) electrons. The lowest BCUT2D eigenvalue weighted by molar-refractivity contribution is -0.147. The van der Waals surface area contributed by atoms with Gasteiger partial charge in [0.1, 0.15) is 0 Å². The van der Waals surface area contributed by atoms with E-state index in [0.29, 0.717) is 5.91 Å². The lowest BCUT2D eigenvalue weighted by atomic mass is 9.81. The highest BCUT2D eigenvalue weighted by Gasteiger charge is 2.38. The maximum atomic E-state index is 12.3. The van der Waals surface area contributed by atoms with Gasteiger partial charge in [-0.2, -0.15) is 0 Å². The monoisotopic (exact) mass is 212 g/mol. The minimum absolute atomic E-state index is 0.171. The molecule has 0 aliphatic carbocycles. The molecule has 1 amide bonds. The van der Waals surface area contributed by atoms with Crippen LogP contribution < -0.4 is 5.32 Å². The predicted molar refractivity (Wildman–Crippen MR) is 57.6 cm³/mol. The van der Waals surface area contributed by atoms with Gasteiger partial charge in [-0.15, -0.1) is 0 Å². The van der Waals surface area contributed by atoms with E-state index in [4.69, 9.17) is 4.74 Å². The molecule has 15 heavy (non-hydrogen) atoms. The number of hydrogen-bond acceptors (Lipinski definition) is 3. The second-order valence-electron chi connectivity index (χ2n) is 4.72. The second kappa shape index (κ2) is 4.49. The van der Waals surface area contributed by atoms with Gasteiger partial charge in [-0.05, 0) is 12.8 Å². The number of carbonyl (C=O) groups is 1. The van der Waals surface area contributed by atoms with E-state index in [2.05, 4.69) is 12.2 Å². The number of hydrogen-bond donors (Lipinski definition) is 1. The Morgan fingerprint density at radius 3 is 2.47 bits per heavy atom. The Balaban J connectivity index is 1.98. The Labute approximate surface area is 91.0 Å². The maximum absolute atomic E-state index is 12.3. The average molecular weight is 212 g/mol. The van der Waals surface area contributed by atoms with Crippen LogP contribution in [0.15, 0.2) is 0 Å². The summed E-state index contributed by atoms with van der Waals surface area (Å²) in [6, 6.07) is 0. The molecule has 0 atom stereocenters. The van der Waals surface area contributed by atoms with E-state index in [1.54, 1.807) is 0 Å². The summed E-state index contributed by atoms with van der Waals surface area (Å²) in [5.41, 5.74) is -0.171. The van der Waals surface area contributed by atoms with Crippen molar-refractivity contribution in [3.8, 4) is 0 Å². The molecular weight excluding hydrogens is 192 g/mol. The van der Waals surface area contributed by atoms with Crippen LogP contribution in [0.3, 0.4) is 0 Å². The van der Waals surface area contributed by atoms with Crippen molar-refractivity contribution in [3.05, 3.63) is 0 Å². The molecule has 4 heteroatoms. The smallest absolute Gasteiger partial charge is 0.228 e. The average Bonchev–Trinajstić information content (AvgIpc) is 2.30. The molecular formula is C11H20N2O2. The summed E-state index contributed by atoms with van der Waals surface area (Å²) in [6.45, 7) is 7.11. The molecule has 0 aromatic carbocycles. The van der Waals surface area contributed by atoms with Gasteiger partial charge in [0, 0.05) is 39.4 Å².